The Kier molecular flexibility index (Phi) is 6.51. The maximum absolute atomic E-state index is 13.6. The van der Waals surface area contributed by atoms with Crippen LogP contribution >= 0.6 is 0 Å². The van der Waals surface area contributed by atoms with Crippen molar-refractivity contribution >= 4 is 28.7 Å². The maximum Gasteiger partial charge on any atom is 0.407 e. The van der Waals surface area contributed by atoms with Crippen LogP contribution in [0.2, 0.25) is 0 Å². The molecule has 0 saturated heterocycles. The summed E-state index contributed by atoms with van der Waals surface area (Å²) < 4.78 is 0. The monoisotopic (exact) mass is 533 g/mol. The van der Waals surface area contributed by atoms with E-state index >= 15 is 0 Å². The minimum atomic E-state index is -1.78. The molecule has 40 heavy (non-hydrogen) atoms. The second-order valence-corrected chi connectivity index (χ2v) is 9.77. The van der Waals surface area contributed by atoms with Crippen molar-refractivity contribution in [2.45, 2.75) is 18.1 Å². The van der Waals surface area contributed by atoms with Crippen LogP contribution in [-0.2, 0) is 4.79 Å². The van der Waals surface area contributed by atoms with Gasteiger partial charge in [-0.15, -0.1) is 0 Å². The van der Waals surface area contributed by atoms with E-state index in [-0.39, 0.29) is 12.5 Å². The average Bonchev–Trinajstić information content (AvgIpc) is 3.59. The second-order valence-electron chi connectivity index (χ2n) is 9.77. The molecule has 2 amide bonds. The van der Waals surface area contributed by atoms with Crippen LogP contribution in [0.15, 0.2) is 103 Å². The molecule has 0 aliphatic heterocycles. The smallest absolute Gasteiger partial charge is 0.407 e. The number of nitrogens with one attached hydrogen (secondary N) is 1. The summed E-state index contributed by atoms with van der Waals surface area (Å²) in [4.78, 5) is 34.7. The van der Waals surface area contributed by atoms with Crippen LogP contribution in [0.1, 0.15) is 28.7 Å². The van der Waals surface area contributed by atoms with Crippen LogP contribution in [0.4, 0.5) is 10.5 Å². The number of imidazole rings is 1. The highest BCUT2D eigenvalue weighted by molar-refractivity contribution is 5.97. The Morgan fingerprint density at radius 3 is 2.17 bits per heavy atom. The second kappa shape index (κ2) is 10.3. The first-order valence-corrected chi connectivity index (χ1v) is 12.9. The zero-order chi connectivity index (χ0) is 27.8. The van der Waals surface area contributed by atoms with Gasteiger partial charge in [-0.1, -0.05) is 78.9 Å². The van der Waals surface area contributed by atoms with E-state index in [2.05, 4.69) is 9.97 Å². The highest BCUT2D eigenvalue weighted by Gasteiger charge is 2.40. The van der Waals surface area contributed by atoms with Crippen LogP contribution in [0.5, 0.6) is 0 Å². The van der Waals surface area contributed by atoms with Crippen molar-refractivity contribution in [3.05, 3.63) is 120 Å². The van der Waals surface area contributed by atoms with E-state index in [9.17, 15) is 19.8 Å². The van der Waals surface area contributed by atoms with E-state index in [0.717, 1.165) is 32.2 Å². The van der Waals surface area contributed by atoms with Gasteiger partial charge >= 0.3 is 6.09 Å². The molecule has 5 N–H and O–H groups in total. The molecule has 4 aromatic carbocycles. The first-order chi connectivity index (χ1) is 19.4. The number of carbonyl (C=O) groups is 2. The number of aliphatic hydroxyl groups excluding tert-OH is 1. The van der Waals surface area contributed by atoms with Crippen LogP contribution in [0.25, 0.3) is 22.2 Å². The van der Waals surface area contributed by atoms with Crippen molar-refractivity contribution in [3.8, 4) is 11.1 Å². The highest BCUT2D eigenvalue weighted by atomic mass is 16.4. The molecule has 5 aromatic rings. The number of carboxylic acid groups (broad SMARTS) is 1. The lowest BCUT2D eigenvalue weighted by atomic mass is 9.93. The average molecular weight is 534 g/mol. The lowest BCUT2D eigenvalue weighted by Gasteiger charge is -2.35. The van der Waals surface area contributed by atoms with Gasteiger partial charge in [-0.3, -0.25) is 9.69 Å². The van der Waals surface area contributed by atoms with Gasteiger partial charge in [0.25, 0.3) is 5.91 Å². The summed E-state index contributed by atoms with van der Waals surface area (Å²) in [5, 5.41) is 22.9. The van der Waals surface area contributed by atoms with Crippen LogP contribution in [0.3, 0.4) is 0 Å². The van der Waals surface area contributed by atoms with E-state index < -0.39 is 24.1 Å². The lowest BCUT2D eigenvalue weighted by molar-refractivity contribution is -0.130. The molecule has 0 spiro atoms. The molecule has 0 saturated carbocycles. The number of anilines is 1. The third-order valence-electron chi connectivity index (χ3n) is 7.54. The van der Waals surface area contributed by atoms with Crippen molar-refractivity contribution in [2.24, 2.45) is 5.84 Å². The number of benzene rings is 4. The first kappa shape index (κ1) is 25.3. The molecule has 1 aromatic heterocycles. The summed E-state index contributed by atoms with van der Waals surface area (Å²) in [6.07, 6.45) is -1.51. The summed E-state index contributed by atoms with van der Waals surface area (Å²) in [6.45, 7) is 0.0257. The molecule has 2 atom stereocenters. The van der Waals surface area contributed by atoms with Gasteiger partial charge in [0.15, 0.2) is 6.10 Å². The number of aromatic nitrogens is 2. The van der Waals surface area contributed by atoms with E-state index in [1.54, 1.807) is 48.5 Å². The van der Waals surface area contributed by atoms with Gasteiger partial charge in [0.05, 0.1) is 29.1 Å². The minimum absolute atomic E-state index is 0.0257. The van der Waals surface area contributed by atoms with Crippen LogP contribution < -0.4 is 10.9 Å². The van der Waals surface area contributed by atoms with Crippen molar-refractivity contribution in [1.82, 2.24) is 14.9 Å². The third-order valence-corrected chi connectivity index (χ3v) is 7.54. The van der Waals surface area contributed by atoms with Gasteiger partial charge in [0.1, 0.15) is 0 Å². The summed E-state index contributed by atoms with van der Waals surface area (Å²) >= 11 is 0. The Hall–Kier alpha value is -4.99. The van der Waals surface area contributed by atoms with Gasteiger partial charge in [-0.05, 0) is 46.0 Å². The van der Waals surface area contributed by atoms with Gasteiger partial charge in [-0.25, -0.2) is 20.6 Å². The Bertz CT molecular complexity index is 1660. The number of amides is 2. The van der Waals surface area contributed by atoms with Crippen LogP contribution in [0, 0.1) is 0 Å². The molecule has 1 aliphatic rings. The molecule has 0 radical (unpaired) electrons. The quantitative estimate of drug-likeness (QED) is 0.136. The Labute approximate surface area is 230 Å². The Morgan fingerprint density at radius 2 is 1.52 bits per heavy atom. The van der Waals surface area contributed by atoms with Gasteiger partial charge in [-0.2, -0.15) is 0 Å². The zero-order valence-corrected chi connectivity index (χ0v) is 21.4. The normalized spacial score (nSPS) is 13.8. The number of hydrogen-bond acceptors (Lipinski definition) is 5. The fraction of sp³-hybridized carbons (Fsp3) is 0.129. The minimum Gasteiger partial charge on any atom is -0.465 e. The number of carbonyl (C=O) groups excluding carboxylic acids is 1. The number of aromatic amines is 1. The molecule has 0 bridgehead atoms. The fourth-order valence-electron chi connectivity index (χ4n) is 5.62. The van der Waals surface area contributed by atoms with E-state index in [1.807, 2.05) is 48.5 Å². The van der Waals surface area contributed by atoms with Gasteiger partial charge in [0, 0.05) is 12.5 Å². The third kappa shape index (κ3) is 4.37. The number of hydrazine groups is 1. The number of nitrogens with two attached hydrogens (primary N) is 1. The lowest BCUT2D eigenvalue weighted by Crippen LogP contribution is -2.51. The maximum atomic E-state index is 13.6. The number of fused-ring (bicyclic) bond motifs is 4. The first-order valence-electron chi connectivity index (χ1n) is 12.9. The van der Waals surface area contributed by atoms with Crippen molar-refractivity contribution in [1.29, 1.82) is 0 Å². The molecule has 9 nitrogen and oxygen atoms in total. The number of rotatable bonds is 7. The molecule has 6 rings (SSSR count). The molecule has 1 heterocycles. The Morgan fingerprint density at radius 1 is 0.900 bits per heavy atom. The van der Waals surface area contributed by atoms with E-state index in [0.29, 0.717) is 22.3 Å². The largest absolute Gasteiger partial charge is 0.465 e. The standard InChI is InChI=1S/C31H27N5O4/c32-36(20-14-15-26-27(16-20)34-18-33-26)30(38)29(37)28(19-8-2-1-3-9-19)35(31(39)40)17-25-23-12-6-4-10-21(23)22-11-5-7-13-24(22)25/h1-16,18,25,28-29,37H,17,32H2,(H,33,34)(H,39,40)/t28-,29+/m0/s1. The van der Waals surface area contributed by atoms with Crippen molar-refractivity contribution < 1.29 is 19.8 Å². The molecule has 200 valence electrons. The summed E-state index contributed by atoms with van der Waals surface area (Å²) in [5.74, 6) is 5.08. The molecular weight excluding hydrogens is 506 g/mol. The van der Waals surface area contributed by atoms with Crippen LogP contribution in [-0.4, -0.2) is 49.7 Å². The Balaban J connectivity index is 1.37. The number of H-pyrrole nitrogens is 1. The van der Waals surface area contributed by atoms with Gasteiger partial charge in [0.2, 0.25) is 0 Å². The number of hydrogen-bond donors (Lipinski definition) is 4. The predicted octanol–water partition coefficient (Wildman–Crippen LogP) is 4.66. The summed E-state index contributed by atoms with van der Waals surface area (Å²) in [7, 11) is 0. The molecular formula is C31H27N5O4. The number of aliphatic hydroxyl groups is 1. The van der Waals surface area contributed by atoms with E-state index in [4.69, 9.17) is 5.84 Å². The van der Waals surface area contributed by atoms with Gasteiger partial charge < -0.3 is 15.2 Å². The van der Waals surface area contributed by atoms with Crippen molar-refractivity contribution in [3.63, 3.8) is 0 Å². The fourth-order valence-corrected chi connectivity index (χ4v) is 5.62. The molecule has 9 heteroatoms. The predicted molar refractivity (Wildman–Crippen MR) is 151 cm³/mol. The van der Waals surface area contributed by atoms with Crippen molar-refractivity contribution in [2.75, 3.05) is 11.6 Å². The number of nitrogens with zero attached hydrogens (tertiary/aromatic N) is 3. The molecule has 0 unspecified atom stereocenters. The molecule has 1 aliphatic carbocycles. The SMILES string of the molecule is NN(C(=O)[C@H](O)[C@H](c1ccccc1)N(CC1c2ccccc2-c2ccccc21)C(=O)O)c1ccc2nc[nH]c2c1. The topological polar surface area (TPSA) is 136 Å². The summed E-state index contributed by atoms with van der Waals surface area (Å²) in [5.41, 5.74) is 6.25. The zero-order valence-electron chi connectivity index (χ0n) is 21.4. The summed E-state index contributed by atoms with van der Waals surface area (Å²) in [6, 6.07) is 28.2. The highest BCUT2D eigenvalue weighted by Crippen LogP contribution is 2.45. The van der Waals surface area contributed by atoms with E-state index in [1.165, 1.54) is 6.33 Å². The molecule has 0 fully saturated rings.